The summed E-state index contributed by atoms with van der Waals surface area (Å²) in [6.45, 7) is 2.17. The van der Waals surface area contributed by atoms with Crippen LogP contribution in [0.3, 0.4) is 0 Å². The quantitative estimate of drug-likeness (QED) is 0.713. The lowest BCUT2D eigenvalue weighted by Gasteiger charge is -2.15. The van der Waals surface area contributed by atoms with Gasteiger partial charge < -0.3 is 14.2 Å². The number of esters is 1. The molecule has 0 saturated carbocycles. The van der Waals surface area contributed by atoms with E-state index in [1.165, 1.54) is 0 Å². The van der Waals surface area contributed by atoms with Gasteiger partial charge in [-0.2, -0.15) is 0 Å². The highest BCUT2D eigenvalue weighted by molar-refractivity contribution is 5.70. The molecule has 0 aliphatic carbocycles. The molecule has 0 heterocycles. The van der Waals surface area contributed by atoms with Crippen LogP contribution in [0, 0.1) is 0 Å². The SMILES string of the molecule is CCOC(=O)CC(OC)c1ccc(OC)cc1. The fourth-order valence-corrected chi connectivity index (χ4v) is 1.53. The van der Waals surface area contributed by atoms with E-state index in [1.807, 2.05) is 24.3 Å². The van der Waals surface area contributed by atoms with Crippen molar-refractivity contribution < 1.29 is 19.0 Å². The van der Waals surface area contributed by atoms with Crippen LogP contribution in [-0.4, -0.2) is 26.8 Å². The van der Waals surface area contributed by atoms with Crippen molar-refractivity contribution >= 4 is 5.97 Å². The Kier molecular flexibility index (Phi) is 5.49. The standard InChI is InChI=1S/C13H18O4/c1-4-17-13(14)9-12(16-3)10-5-7-11(15-2)8-6-10/h5-8,12H,4,9H2,1-3H3. The molecule has 0 saturated heterocycles. The molecule has 0 radical (unpaired) electrons. The van der Waals surface area contributed by atoms with Crippen LogP contribution in [0.15, 0.2) is 24.3 Å². The number of carbonyl (C=O) groups is 1. The summed E-state index contributed by atoms with van der Waals surface area (Å²) in [6, 6.07) is 7.44. The zero-order chi connectivity index (χ0) is 12.7. The van der Waals surface area contributed by atoms with Crippen LogP contribution in [0.25, 0.3) is 0 Å². The largest absolute Gasteiger partial charge is 0.497 e. The molecule has 4 nitrogen and oxygen atoms in total. The maximum absolute atomic E-state index is 11.4. The van der Waals surface area contributed by atoms with E-state index >= 15 is 0 Å². The number of methoxy groups -OCH3 is 2. The summed E-state index contributed by atoms with van der Waals surface area (Å²) in [5, 5.41) is 0. The van der Waals surface area contributed by atoms with E-state index in [-0.39, 0.29) is 18.5 Å². The fraction of sp³-hybridized carbons (Fsp3) is 0.462. The van der Waals surface area contributed by atoms with Crippen molar-refractivity contribution in [2.45, 2.75) is 19.4 Å². The second kappa shape index (κ2) is 6.91. The number of hydrogen-bond acceptors (Lipinski definition) is 4. The summed E-state index contributed by atoms with van der Waals surface area (Å²) in [5.74, 6) is 0.523. The molecule has 94 valence electrons. The minimum atomic E-state index is -0.278. The lowest BCUT2D eigenvalue weighted by atomic mass is 10.1. The molecule has 1 atom stereocenters. The van der Waals surface area contributed by atoms with Gasteiger partial charge in [-0.25, -0.2) is 0 Å². The Labute approximate surface area is 101 Å². The average molecular weight is 238 g/mol. The van der Waals surface area contributed by atoms with Crippen molar-refractivity contribution in [3.63, 3.8) is 0 Å². The second-order valence-corrected chi connectivity index (χ2v) is 3.51. The minimum absolute atomic E-state index is 0.219. The monoisotopic (exact) mass is 238 g/mol. The van der Waals surface area contributed by atoms with Gasteiger partial charge in [0.15, 0.2) is 0 Å². The van der Waals surface area contributed by atoms with E-state index in [0.29, 0.717) is 6.61 Å². The van der Waals surface area contributed by atoms with E-state index in [9.17, 15) is 4.79 Å². The maximum Gasteiger partial charge on any atom is 0.308 e. The van der Waals surface area contributed by atoms with Crippen molar-refractivity contribution in [2.24, 2.45) is 0 Å². The number of hydrogen-bond donors (Lipinski definition) is 0. The van der Waals surface area contributed by atoms with Crippen molar-refractivity contribution in [3.8, 4) is 5.75 Å². The van der Waals surface area contributed by atoms with Gasteiger partial charge in [-0.15, -0.1) is 0 Å². The molecular weight excluding hydrogens is 220 g/mol. The predicted molar refractivity (Wildman–Crippen MR) is 64.0 cm³/mol. The lowest BCUT2D eigenvalue weighted by molar-refractivity contribution is -0.146. The van der Waals surface area contributed by atoms with Crippen LogP contribution < -0.4 is 4.74 Å². The molecule has 1 rings (SSSR count). The van der Waals surface area contributed by atoms with Crippen molar-refractivity contribution in [1.29, 1.82) is 0 Å². The van der Waals surface area contributed by atoms with Gasteiger partial charge in [0, 0.05) is 7.11 Å². The smallest absolute Gasteiger partial charge is 0.308 e. The van der Waals surface area contributed by atoms with E-state index < -0.39 is 0 Å². The maximum atomic E-state index is 11.4. The predicted octanol–water partition coefficient (Wildman–Crippen LogP) is 2.34. The molecule has 4 heteroatoms. The van der Waals surface area contributed by atoms with Crippen molar-refractivity contribution in [2.75, 3.05) is 20.8 Å². The third-order valence-electron chi connectivity index (χ3n) is 2.43. The van der Waals surface area contributed by atoms with Crippen LogP contribution in [0.2, 0.25) is 0 Å². The third kappa shape index (κ3) is 4.07. The van der Waals surface area contributed by atoms with Crippen LogP contribution in [-0.2, 0) is 14.3 Å². The third-order valence-corrected chi connectivity index (χ3v) is 2.43. The Balaban J connectivity index is 2.68. The molecule has 0 aliphatic heterocycles. The first-order valence-corrected chi connectivity index (χ1v) is 5.53. The summed E-state index contributed by atoms with van der Waals surface area (Å²) in [4.78, 5) is 11.4. The van der Waals surface area contributed by atoms with Gasteiger partial charge in [-0.05, 0) is 24.6 Å². The number of ether oxygens (including phenoxy) is 3. The number of carbonyl (C=O) groups excluding carboxylic acids is 1. The van der Waals surface area contributed by atoms with Crippen LogP contribution in [0.5, 0.6) is 5.75 Å². The van der Waals surface area contributed by atoms with E-state index in [0.717, 1.165) is 11.3 Å². The average Bonchev–Trinajstić information content (AvgIpc) is 2.36. The minimum Gasteiger partial charge on any atom is -0.497 e. The summed E-state index contributed by atoms with van der Waals surface area (Å²) in [7, 11) is 3.19. The molecule has 1 aromatic rings. The lowest BCUT2D eigenvalue weighted by Crippen LogP contribution is -2.11. The van der Waals surface area contributed by atoms with Gasteiger partial charge in [-0.3, -0.25) is 4.79 Å². The zero-order valence-electron chi connectivity index (χ0n) is 10.4. The Morgan fingerprint density at radius 3 is 2.35 bits per heavy atom. The normalized spacial score (nSPS) is 11.9. The Hall–Kier alpha value is -1.55. The van der Waals surface area contributed by atoms with Crippen LogP contribution >= 0.6 is 0 Å². The summed E-state index contributed by atoms with van der Waals surface area (Å²) in [6.07, 6.45) is -0.0589. The molecule has 17 heavy (non-hydrogen) atoms. The van der Waals surface area contributed by atoms with E-state index in [2.05, 4.69) is 0 Å². The molecule has 0 bridgehead atoms. The van der Waals surface area contributed by atoms with Gasteiger partial charge >= 0.3 is 5.97 Å². The molecule has 0 aromatic heterocycles. The summed E-state index contributed by atoms with van der Waals surface area (Å²) >= 11 is 0. The fourth-order valence-electron chi connectivity index (χ4n) is 1.53. The zero-order valence-corrected chi connectivity index (χ0v) is 10.4. The summed E-state index contributed by atoms with van der Waals surface area (Å²) in [5.41, 5.74) is 0.932. The van der Waals surface area contributed by atoms with Crippen LogP contribution in [0.1, 0.15) is 25.0 Å². The topological polar surface area (TPSA) is 44.8 Å². The van der Waals surface area contributed by atoms with Gasteiger partial charge in [-0.1, -0.05) is 12.1 Å². The molecule has 1 aromatic carbocycles. The van der Waals surface area contributed by atoms with Gasteiger partial charge in [0.05, 0.1) is 26.2 Å². The van der Waals surface area contributed by atoms with Crippen molar-refractivity contribution in [3.05, 3.63) is 29.8 Å². The molecule has 0 aliphatic rings. The van der Waals surface area contributed by atoms with Gasteiger partial charge in [0.1, 0.15) is 5.75 Å². The molecule has 0 amide bonds. The first kappa shape index (κ1) is 13.5. The highest BCUT2D eigenvalue weighted by Crippen LogP contribution is 2.23. The number of benzene rings is 1. The first-order valence-electron chi connectivity index (χ1n) is 5.53. The highest BCUT2D eigenvalue weighted by atomic mass is 16.5. The Morgan fingerprint density at radius 2 is 1.88 bits per heavy atom. The highest BCUT2D eigenvalue weighted by Gasteiger charge is 2.16. The van der Waals surface area contributed by atoms with Gasteiger partial charge in [0.25, 0.3) is 0 Å². The molecule has 0 fully saturated rings. The Morgan fingerprint density at radius 1 is 1.24 bits per heavy atom. The van der Waals surface area contributed by atoms with Gasteiger partial charge in [0.2, 0.25) is 0 Å². The molecule has 1 unspecified atom stereocenters. The first-order chi connectivity index (χ1) is 8.21. The van der Waals surface area contributed by atoms with E-state index in [4.69, 9.17) is 14.2 Å². The Bertz CT molecular complexity index is 345. The van der Waals surface area contributed by atoms with Crippen LogP contribution in [0.4, 0.5) is 0 Å². The molecular formula is C13H18O4. The second-order valence-electron chi connectivity index (χ2n) is 3.51. The van der Waals surface area contributed by atoms with E-state index in [1.54, 1.807) is 21.1 Å². The molecule has 0 N–H and O–H groups in total. The number of rotatable bonds is 6. The summed E-state index contributed by atoms with van der Waals surface area (Å²) < 4.78 is 15.3. The molecule has 0 spiro atoms. The van der Waals surface area contributed by atoms with Crippen molar-refractivity contribution in [1.82, 2.24) is 0 Å².